The zero-order valence-electron chi connectivity index (χ0n) is 12.7. The number of rotatable bonds is 4. The van der Waals surface area contributed by atoms with Gasteiger partial charge in [-0.3, -0.25) is 9.59 Å². The summed E-state index contributed by atoms with van der Waals surface area (Å²) < 4.78 is 0. The van der Waals surface area contributed by atoms with Gasteiger partial charge in [0.05, 0.1) is 0 Å². The highest BCUT2D eigenvalue weighted by Crippen LogP contribution is 2.43. The molecule has 1 N–H and O–H groups in total. The normalized spacial score (nSPS) is 32.5. The average molecular weight is 266 g/mol. The molecule has 2 atom stereocenters. The van der Waals surface area contributed by atoms with Gasteiger partial charge in [0.15, 0.2) is 0 Å². The molecule has 1 saturated carbocycles. The van der Waals surface area contributed by atoms with Crippen molar-refractivity contribution in [1.29, 1.82) is 0 Å². The first-order valence-corrected chi connectivity index (χ1v) is 7.40. The maximum absolute atomic E-state index is 12.9. The minimum absolute atomic E-state index is 0.0156. The van der Waals surface area contributed by atoms with Crippen LogP contribution in [-0.2, 0) is 9.59 Å². The number of carbonyl (C=O) groups is 2. The van der Waals surface area contributed by atoms with Gasteiger partial charge in [0.1, 0.15) is 11.6 Å². The van der Waals surface area contributed by atoms with Crippen molar-refractivity contribution >= 4 is 11.8 Å². The molecule has 1 saturated heterocycles. The molecule has 4 heteroatoms. The standard InChI is InChI=1S/C15H26N2O2/c1-6-9-14(3,4)17-10(2)12(18)16-15(5,13(17)19)11-7-8-11/h10-11H,6-9H2,1-5H3,(H,16,18). The summed E-state index contributed by atoms with van der Waals surface area (Å²) in [5.74, 6) is 0.398. The molecule has 2 rings (SSSR count). The molecule has 4 nitrogen and oxygen atoms in total. The van der Waals surface area contributed by atoms with E-state index in [-0.39, 0.29) is 23.4 Å². The van der Waals surface area contributed by atoms with Crippen LogP contribution in [0.4, 0.5) is 0 Å². The highest BCUT2D eigenvalue weighted by Gasteiger charge is 2.56. The fraction of sp³-hybridized carbons (Fsp3) is 0.867. The molecule has 0 radical (unpaired) electrons. The molecule has 0 aromatic rings. The van der Waals surface area contributed by atoms with Crippen LogP contribution in [0.3, 0.4) is 0 Å². The summed E-state index contributed by atoms with van der Waals surface area (Å²) in [7, 11) is 0. The first kappa shape index (κ1) is 14.4. The highest BCUT2D eigenvalue weighted by molar-refractivity contribution is 6.00. The number of hydrogen-bond acceptors (Lipinski definition) is 2. The van der Waals surface area contributed by atoms with Gasteiger partial charge in [-0.25, -0.2) is 0 Å². The molecule has 2 unspecified atom stereocenters. The van der Waals surface area contributed by atoms with E-state index in [9.17, 15) is 9.59 Å². The summed E-state index contributed by atoms with van der Waals surface area (Å²) in [5, 5.41) is 2.97. The summed E-state index contributed by atoms with van der Waals surface area (Å²) in [4.78, 5) is 27.0. The lowest BCUT2D eigenvalue weighted by atomic mass is 9.84. The van der Waals surface area contributed by atoms with Gasteiger partial charge in [0.25, 0.3) is 0 Å². The molecule has 108 valence electrons. The molecule has 1 aliphatic heterocycles. The lowest BCUT2D eigenvalue weighted by Gasteiger charge is -2.50. The molecule has 1 heterocycles. The number of carbonyl (C=O) groups excluding carboxylic acids is 2. The Morgan fingerprint density at radius 2 is 1.95 bits per heavy atom. The molecule has 0 aromatic heterocycles. The van der Waals surface area contributed by atoms with E-state index in [0.29, 0.717) is 5.92 Å². The SMILES string of the molecule is CCCC(C)(C)N1C(=O)C(C)(C2CC2)NC(=O)C1C. The Hall–Kier alpha value is -1.06. The molecule has 2 amide bonds. The summed E-state index contributed by atoms with van der Waals surface area (Å²) >= 11 is 0. The maximum atomic E-state index is 12.9. The van der Waals surface area contributed by atoms with Crippen molar-refractivity contribution in [2.45, 2.75) is 77.4 Å². The van der Waals surface area contributed by atoms with Crippen LogP contribution in [0.15, 0.2) is 0 Å². The van der Waals surface area contributed by atoms with Gasteiger partial charge in [-0.15, -0.1) is 0 Å². The lowest BCUT2D eigenvalue weighted by molar-refractivity contribution is -0.161. The van der Waals surface area contributed by atoms with E-state index in [1.807, 2.05) is 18.7 Å². The zero-order chi connectivity index (χ0) is 14.4. The second kappa shape index (κ2) is 4.50. The highest BCUT2D eigenvalue weighted by atomic mass is 16.2. The minimum atomic E-state index is -0.686. The van der Waals surface area contributed by atoms with E-state index in [2.05, 4.69) is 26.1 Å². The van der Waals surface area contributed by atoms with Crippen LogP contribution in [0.2, 0.25) is 0 Å². The van der Waals surface area contributed by atoms with Gasteiger partial charge in [0, 0.05) is 5.54 Å². The predicted molar refractivity (Wildman–Crippen MR) is 74.6 cm³/mol. The molecule has 0 bridgehead atoms. The number of nitrogens with one attached hydrogen (secondary N) is 1. The zero-order valence-corrected chi connectivity index (χ0v) is 12.7. The van der Waals surface area contributed by atoms with Crippen molar-refractivity contribution in [3.8, 4) is 0 Å². The van der Waals surface area contributed by atoms with Gasteiger partial charge in [-0.1, -0.05) is 13.3 Å². The Balaban J connectivity index is 2.34. The number of piperazine rings is 1. The maximum Gasteiger partial charge on any atom is 0.249 e. The Bertz CT molecular complexity index is 401. The monoisotopic (exact) mass is 266 g/mol. The first-order valence-electron chi connectivity index (χ1n) is 7.40. The first-order chi connectivity index (χ1) is 8.74. The number of hydrogen-bond donors (Lipinski definition) is 1. The van der Waals surface area contributed by atoms with Crippen molar-refractivity contribution in [3.05, 3.63) is 0 Å². The van der Waals surface area contributed by atoms with Crippen molar-refractivity contribution in [3.63, 3.8) is 0 Å². The third kappa shape index (κ3) is 2.26. The molecule has 2 aliphatic rings. The van der Waals surface area contributed by atoms with Crippen molar-refractivity contribution in [2.24, 2.45) is 5.92 Å². The molecule has 1 aliphatic carbocycles. The quantitative estimate of drug-likeness (QED) is 0.847. The third-order valence-electron chi connectivity index (χ3n) is 4.72. The molecule has 0 spiro atoms. The van der Waals surface area contributed by atoms with Crippen LogP contribution in [-0.4, -0.2) is 33.8 Å². The predicted octanol–water partition coefficient (Wildman–Crippen LogP) is 2.08. The molecule has 19 heavy (non-hydrogen) atoms. The number of nitrogens with zero attached hydrogens (tertiary/aromatic N) is 1. The summed E-state index contributed by atoms with van der Waals surface area (Å²) in [6.07, 6.45) is 4.00. The Kier molecular flexibility index (Phi) is 3.40. The molecular weight excluding hydrogens is 240 g/mol. The van der Waals surface area contributed by atoms with E-state index in [1.165, 1.54) is 0 Å². The van der Waals surface area contributed by atoms with E-state index in [4.69, 9.17) is 0 Å². The Labute approximate surface area is 115 Å². The molecule has 0 aromatic carbocycles. The van der Waals surface area contributed by atoms with Gasteiger partial charge >= 0.3 is 0 Å². The topological polar surface area (TPSA) is 49.4 Å². The lowest BCUT2D eigenvalue weighted by Crippen LogP contribution is -2.73. The van der Waals surface area contributed by atoms with E-state index in [0.717, 1.165) is 25.7 Å². The third-order valence-corrected chi connectivity index (χ3v) is 4.72. The van der Waals surface area contributed by atoms with E-state index >= 15 is 0 Å². The average Bonchev–Trinajstić information content (AvgIpc) is 3.10. The van der Waals surface area contributed by atoms with Gasteiger partial charge in [0.2, 0.25) is 11.8 Å². The molecular formula is C15H26N2O2. The fourth-order valence-electron chi connectivity index (χ4n) is 3.43. The largest absolute Gasteiger partial charge is 0.340 e. The summed E-state index contributed by atoms with van der Waals surface area (Å²) in [6, 6.07) is -0.374. The van der Waals surface area contributed by atoms with Crippen LogP contribution >= 0.6 is 0 Å². The summed E-state index contributed by atoms with van der Waals surface area (Å²) in [5.41, 5.74) is -0.951. The Morgan fingerprint density at radius 1 is 1.37 bits per heavy atom. The van der Waals surface area contributed by atoms with Crippen LogP contribution in [0.1, 0.15) is 60.3 Å². The molecule has 2 fully saturated rings. The second-order valence-electron chi connectivity index (χ2n) is 6.88. The van der Waals surface area contributed by atoms with Crippen molar-refractivity contribution in [2.75, 3.05) is 0 Å². The minimum Gasteiger partial charge on any atom is -0.340 e. The van der Waals surface area contributed by atoms with Crippen LogP contribution in [0.25, 0.3) is 0 Å². The van der Waals surface area contributed by atoms with Crippen LogP contribution < -0.4 is 5.32 Å². The van der Waals surface area contributed by atoms with Crippen molar-refractivity contribution in [1.82, 2.24) is 10.2 Å². The van der Waals surface area contributed by atoms with Gasteiger partial charge < -0.3 is 10.2 Å². The smallest absolute Gasteiger partial charge is 0.249 e. The van der Waals surface area contributed by atoms with E-state index < -0.39 is 5.54 Å². The van der Waals surface area contributed by atoms with Gasteiger partial charge in [-0.2, -0.15) is 0 Å². The fourth-order valence-corrected chi connectivity index (χ4v) is 3.43. The second-order valence-corrected chi connectivity index (χ2v) is 6.88. The van der Waals surface area contributed by atoms with Crippen LogP contribution in [0.5, 0.6) is 0 Å². The number of amides is 2. The van der Waals surface area contributed by atoms with Crippen molar-refractivity contribution < 1.29 is 9.59 Å². The summed E-state index contributed by atoms with van der Waals surface area (Å²) in [6.45, 7) is 9.97. The Morgan fingerprint density at radius 3 is 2.42 bits per heavy atom. The van der Waals surface area contributed by atoms with Gasteiger partial charge in [-0.05, 0) is 52.9 Å². The van der Waals surface area contributed by atoms with E-state index in [1.54, 1.807) is 0 Å². The van der Waals surface area contributed by atoms with Crippen LogP contribution in [0, 0.1) is 5.92 Å².